The number of benzene rings is 1. The second-order valence-electron chi connectivity index (χ2n) is 4.43. The Morgan fingerprint density at radius 2 is 2.18 bits per heavy atom. The second-order valence-corrected chi connectivity index (χ2v) is 4.43. The fraction of sp³-hybridized carbons (Fsp3) is 0.333. The van der Waals surface area contributed by atoms with Crippen molar-refractivity contribution >= 4 is 23.2 Å². The fourth-order valence-corrected chi connectivity index (χ4v) is 2.32. The van der Waals surface area contributed by atoms with Crippen LogP contribution in [0.2, 0.25) is 0 Å². The molecule has 5 heteroatoms. The Morgan fingerprint density at radius 3 is 2.88 bits per heavy atom. The number of hydrogen-bond donors (Lipinski definition) is 2. The minimum absolute atomic E-state index is 0.0232. The molecule has 17 heavy (non-hydrogen) atoms. The Hall–Kier alpha value is -1.88. The normalized spacial score (nSPS) is 22.9. The van der Waals surface area contributed by atoms with Crippen molar-refractivity contribution in [2.24, 2.45) is 0 Å². The topological polar surface area (TPSA) is 69.6 Å². The summed E-state index contributed by atoms with van der Waals surface area (Å²) in [6.45, 7) is 0.332. The predicted molar refractivity (Wildman–Crippen MR) is 61.8 cm³/mol. The molecule has 0 aliphatic carbocycles. The molecule has 1 atom stereocenters. The zero-order valence-corrected chi connectivity index (χ0v) is 9.14. The maximum Gasteiger partial charge on any atom is 0.229 e. The highest BCUT2D eigenvalue weighted by molar-refractivity contribution is 6.01. The molecule has 5 nitrogen and oxygen atoms in total. The molecule has 2 N–H and O–H groups in total. The Labute approximate surface area is 98.0 Å². The number of hydrogen-bond acceptors (Lipinski definition) is 3. The maximum atomic E-state index is 11.6. The van der Waals surface area contributed by atoms with Crippen molar-refractivity contribution in [3.63, 3.8) is 0 Å². The molecule has 1 aromatic carbocycles. The van der Waals surface area contributed by atoms with Gasteiger partial charge in [-0.3, -0.25) is 9.59 Å². The summed E-state index contributed by atoms with van der Waals surface area (Å²) in [5.41, 5.74) is 2.47. The molecule has 1 aromatic rings. The number of anilines is 2. The first-order valence-corrected chi connectivity index (χ1v) is 5.55. The van der Waals surface area contributed by atoms with Gasteiger partial charge in [0.2, 0.25) is 11.8 Å². The number of amides is 2. The average molecular weight is 232 g/mol. The first kappa shape index (κ1) is 10.3. The van der Waals surface area contributed by atoms with Gasteiger partial charge in [-0.15, -0.1) is 0 Å². The highest BCUT2D eigenvalue weighted by atomic mass is 16.3. The summed E-state index contributed by atoms with van der Waals surface area (Å²) < 4.78 is 0. The molecule has 3 rings (SSSR count). The smallest absolute Gasteiger partial charge is 0.229 e. The molecule has 2 amide bonds. The van der Waals surface area contributed by atoms with Gasteiger partial charge in [0.15, 0.2) is 0 Å². The van der Waals surface area contributed by atoms with E-state index in [-0.39, 0.29) is 18.2 Å². The van der Waals surface area contributed by atoms with Gasteiger partial charge >= 0.3 is 0 Å². The van der Waals surface area contributed by atoms with E-state index < -0.39 is 6.10 Å². The maximum absolute atomic E-state index is 11.6. The Kier molecular flexibility index (Phi) is 2.16. The zero-order chi connectivity index (χ0) is 12.0. The molecule has 0 spiro atoms. The zero-order valence-electron chi connectivity index (χ0n) is 9.14. The van der Waals surface area contributed by atoms with Crippen LogP contribution in [0.3, 0.4) is 0 Å². The van der Waals surface area contributed by atoms with E-state index in [2.05, 4.69) is 5.32 Å². The lowest BCUT2D eigenvalue weighted by Gasteiger charge is -2.16. The monoisotopic (exact) mass is 232 g/mol. The van der Waals surface area contributed by atoms with Crippen LogP contribution in [0.25, 0.3) is 0 Å². The van der Waals surface area contributed by atoms with Crippen molar-refractivity contribution in [1.29, 1.82) is 0 Å². The lowest BCUT2D eigenvalue weighted by atomic mass is 10.1. The van der Waals surface area contributed by atoms with Crippen LogP contribution in [-0.2, 0) is 16.0 Å². The van der Waals surface area contributed by atoms with Gasteiger partial charge in [0.1, 0.15) is 0 Å². The third kappa shape index (κ3) is 1.68. The largest absolute Gasteiger partial charge is 0.391 e. The van der Waals surface area contributed by atoms with E-state index in [1.807, 2.05) is 6.07 Å². The highest BCUT2D eigenvalue weighted by Crippen LogP contribution is 2.29. The van der Waals surface area contributed by atoms with Crippen LogP contribution in [0.1, 0.15) is 12.0 Å². The third-order valence-corrected chi connectivity index (χ3v) is 3.13. The van der Waals surface area contributed by atoms with Crippen LogP contribution >= 0.6 is 0 Å². The van der Waals surface area contributed by atoms with E-state index in [0.29, 0.717) is 13.0 Å². The number of β-amino-alcohol motifs (C(OH)–C–C–N with tert-alkyl or cyclic N) is 1. The van der Waals surface area contributed by atoms with E-state index in [1.54, 1.807) is 17.0 Å². The van der Waals surface area contributed by atoms with Crippen molar-refractivity contribution in [2.45, 2.75) is 18.9 Å². The number of aliphatic hydroxyl groups is 1. The quantitative estimate of drug-likeness (QED) is 0.730. The van der Waals surface area contributed by atoms with Crippen molar-refractivity contribution in [2.75, 3.05) is 16.8 Å². The van der Waals surface area contributed by atoms with Crippen LogP contribution in [0.5, 0.6) is 0 Å². The number of aliphatic hydroxyl groups excluding tert-OH is 1. The predicted octanol–water partition coefficient (Wildman–Crippen LogP) is 0.279. The lowest BCUT2D eigenvalue weighted by molar-refractivity contribution is -0.117. The Balaban J connectivity index is 1.93. The van der Waals surface area contributed by atoms with E-state index in [9.17, 15) is 14.7 Å². The summed E-state index contributed by atoms with van der Waals surface area (Å²) in [6.07, 6.45) is -0.0577. The second kappa shape index (κ2) is 3.56. The number of carbonyl (C=O) groups is 2. The lowest BCUT2D eigenvalue weighted by Crippen LogP contribution is -2.25. The molecule has 0 bridgehead atoms. The summed E-state index contributed by atoms with van der Waals surface area (Å²) in [4.78, 5) is 24.4. The van der Waals surface area contributed by atoms with Crippen molar-refractivity contribution < 1.29 is 14.7 Å². The molecule has 88 valence electrons. The molecule has 2 aliphatic rings. The number of carbonyl (C=O) groups excluding carboxylic acids is 2. The first-order valence-electron chi connectivity index (χ1n) is 5.55. The van der Waals surface area contributed by atoms with Crippen LogP contribution in [0.15, 0.2) is 18.2 Å². The van der Waals surface area contributed by atoms with Crippen LogP contribution in [0.4, 0.5) is 11.4 Å². The SMILES string of the molecule is O=C1Cc2cc(N3CC(O)CC3=O)ccc2N1. The minimum Gasteiger partial charge on any atom is -0.391 e. The van der Waals surface area contributed by atoms with E-state index in [4.69, 9.17) is 0 Å². The molecule has 2 heterocycles. The van der Waals surface area contributed by atoms with Gasteiger partial charge in [-0.05, 0) is 23.8 Å². The summed E-state index contributed by atoms with van der Waals surface area (Å²) in [6, 6.07) is 5.43. The minimum atomic E-state index is -0.587. The van der Waals surface area contributed by atoms with Crippen molar-refractivity contribution in [1.82, 2.24) is 0 Å². The third-order valence-electron chi connectivity index (χ3n) is 3.13. The number of fused-ring (bicyclic) bond motifs is 1. The van der Waals surface area contributed by atoms with Crippen LogP contribution in [0, 0.1) is 0 Å². The molecule has 1 fully saturated rings. The molecule has 0 aromatic heterocycles. The molecule has 1 saturated heterocycles. The molecule has 2 aliphatic heterocycles. The summed E-state index contributed by atoms with van der Waals surface area (Å²) in [7, 11) is 0. The van der Waals surface area contributed by atoms with E-state index in [0.717, 1.165) is 16.9 Å². The number of nitrogens with zero attached hydrogens (tertiary/aromatic N) is 1. The standard InChI is InChI=1S/C12H12N2O3/c15-9-5-12(17)14(6-9)8-1-2-10-7(3-8)4-11(16)13-10/h1-3,9,15H,4-6H2,(H,13,16). The summed E-state index contributed by atoms with van der Waals surface area (Å²) >= 11 is 0. The molecule has 0 radical (unpaired) electrons. The van der Waals surface area contributed by atoms with Crippen LogP contribution < -0.4 is 10.2 Å². The average Bonchev–Trinajstić information content (AvgIpc) is 2.78. The van der Waals surface area contributed by atoms with Gasteiger partial charge in [0, 0.05) is 11.4 Å². The van der Waals surface area contributed by atoms with Gasteiger partial charge in [-0.25, -0.2) is 0 Å². The van der Waals surface area contributed by atoms with Gasteiger partial charge in [0.25, 0.3) is 0 Å². The molecular formula is C12H12N2O3. The molecular weight excluding hydrogens is 220 g/mol. The summed E-state index contributed by atoms with van der Waals surface area (Å²) in [5, 5.41) is 12.2. The molecule has 1 unspecified atom stereocenters. The first-order chi connectivity index (χ1) is 8.13. The number of nitrogens with one attached hydrogen (secondary N) is 1. The van der Waals surface area contributed by atoms with Gasteiger partial charge < -0.3 is 15.3 Å². The Bertz CT molecular complexity index is 512. The van der Waals surface area contributed by atoms with Gasteiger partial charge in [-0.2, -0.15) is 0 Å². The fourth-order valence-electron chi connectivity index (χ4n) is 2.32. The van der Waals surface area contributed by atoms with E-state index in [1.165, 1.54) is 0 Å². The Morgan fingerprint density at radius 1 is 1.35 bits per heavy atom. The van der Waals surface area contributed by atoms with Gasteiger partial charge in [0.05, 0.1) is 25.5 Å². The summed E-state index contributed by atoms with van der Waals surface area (Å²) in [5.74, 6) is -0.0975. The van der Waals surface area contributed by atoms with Crippen molar-refractivity contribution in [3.05, 3.63) is 23.8 Å². The van der Waals surface area contributed by atoms with Crippen molar-refractivity contribution in [3.8, 4) is 0 Å². The highest BCUT2D eigenvalue weighted by Gasteiger charge is 2.30. The molecule has 0 saturated carbocycles. The van der Waals surface area contributed by atoms with Gasteiger partial charge in [-0.1, -0.05) is 0 Å². The van der Waals surface area contributed by atoms with Crippen LogP contribution in [-0.4, -0.2) is 29.6 Å². The number of rotatable bonds is 1. The van der Waals surface area contributed by atoms with E-state index >= 15 is 0 Å².